The topological polar surface area (TPSA) is 0 Å². The summed E-state index contributed by atoms with van der Waals surface area (Å²) in [5, 5.41) is 0. The molecule has 0 radical (unpaired) electrons. The second kappa shape index (κ2) is 7.17. The zero-order chi connectivity index (χ0) is 16.1. The van der Waals surface area contributed by atoms with Gasteiger partial charge in [-0.05, 0) is 55.7 Å². The van der Waals surface area contributed by atoms with Crippen LogP contribution in [0.3, 0.4) is 0 Å². The molecule has 2 aliphatic rings. The van der Waals surface area contributed by atoms with Crippen molar-refractivity contribution in [3.63, 3.8) is 0 Å². The van der Waals surface area contributed by atoms with Crippen LogP contribution in [0.4, 0.5) is 0 Å². The summed E-state index contributed by atoms with van der Waals surface area (Å²) in [6.45, 7) is 6.53. The van der Waals surface area contributed by atoms with Crippen molar-refractivity contribution >= 4 is 0 Å². The van der Waals surface area contributed by atoms with E-state index in [0.717, 1.165) is 19.3 Å². The van der Waals surface area contributed by atoms with Crippen LogP contribution in [0, 0.1) is 0 Å². The molecule has 0 unspecified atom stereocenters. The first-order valence-electron chi connectivity index (χ1n) is 8.98. The zero-order valence-electron chi connectivity index (χ0n) is 14.4. The minimum atomic E-state index is 0.236. The van der Waals surface area contributed by atoms with Crippen molar-refractivity contribution in [3.8, 4) is 0 Å². The van der Waals surface area contributed by atoms with Crippen molar-refractivity contribution in [2.75, 3.05) is 0 Å². The lowest BCUT2D eigenvalue weighted by molar-refractivity contribution is 0.523. The van der Waals surface area contributed by atoms with Gasteiger partial charge in [-0.3, -0.25) is 0 Å². The Balaban J connectivity index is 1.76. The molecule has 1 fully saturated rings. The van der Waals surface area contributed by atoms with E-state index < -0.39 is 0 Å². The number of rotatable bonds is 5. The van der Waals surface area contributed by atoms with Gasteiger partial charge in [-0.2, -0.15) is 0 Å². The highest BCUT2D eigenvalue weighted by Crippen LogP contribution is 2.46. The van der Waals surface area contributed by atoms with Crippen LogP contribution >= 0.6 is 0 Å². The normalized spacial score (nSPS) is 19.4. The van der Waals surface area contributed by atoms with Gasteiger partial charge in [0.05, 0.1) is 0 Å². The van der Waals surface area contributed by atoms with Gasteiger partial charge >= 0.3 is 0 Å². The Kier molecular flexibility index (Phi) is 5.00. The highest BCUT2D eigenvalue weighted by molar-refractivity contribution is 5.39. The molecule has 0 heterocycles. The summed E-state index contributed by atoms with van der Waals surface area (Å²) in [5.74, 6) is 0. The first kappa shape index (κ1) is 16.1. The van der Waals surface area contributed by atoms with Gasteiger partial charge in [0.25, 0.3) is 0 Å². The molecule has 0 aromatic heterocycles. The fourth-order valence-corrected chi connectivity index (χ4v) is 4.04. The van der Waals surface area contributed by atoms with E-state index in [9.17, 15) is 0 Å². The zero-order valence-corrected chi connectivity index (χ0v) is 14.4. The standard InChI is InChI=1S/C23H28/c1-19(2)23(16-7-8-17-23)22-13-9-12-21(18-22)15-14-20-10-5-3-4-6-11-20/h3,5-6,9-13,18H,1,4,7-8,14-17H2,2H3. The fourth-order valence-electron chi connectivity index (χ4n) is 4.04. The molecular formula is C23H28. The third kappa shape index (κ3) is 3.58. The van der Waals surface area contributed by atoms with Gasteiger partial charge in [0.1, 0.15) is 0 Å². The van der Waals surface area contributed by atoms with Crippen molar-refractivity contribution in [2.45, 2.75) is 57.3 Å². The van der Waals surface area contributed by atoms with Crippen LogP contribution in [0.5, 0.6) is 0 Å². The van der Waals surface area contributed by atoms with E-state index in [-0.39, 0.29) is 5.41 Å². The Morgan fingerprint density at radius 2 is 1.96 bits per heavy atom. The van der Waals surface area contributed by atoms with Crippen LogP contribution < -0.4 is 0 Å². The lowest BCUT2D eigenvalue weighted by Gasteiger charge is -2.31. The minimum Gasteiger partial charge on any atom is -0.0992 e. The maximum Gasteiger partial charge on any atom is 0.0156 e. The lowest BCUT2D eigenvalue weighted by Crippen LogP contribution is -2.23. The Bertz CT molecular complexity index is 648. The van der Waals surface area contributed by atoms with E-state index in [2.05, 4.69) is 68.1 Å². The Hall–Kier alpha value is -1.82. The predicted molar refractivity (Wildman–Crippen MR) is 101 cm³/mol. The molecule has 1 saturated carbocycles. The van der Waals surface area contributed by atoms with Gasteiger partial charge in [-0.1, -0.05) is 79.6 Å². The van der Waals surface area contributed by atoms with Crippen molar-refractivity contribution in [2.24, 2.45) is 0 Å². The summed E-state index contributed by atoms with van der Waals surface area (Å²) in [6.07, 6.45) is 19.7. The van der Waals surface area contributed by atoms with E-state index in [1.807, 2.05) is 0 Å². The van der Waals surface area contributed by atoms with Crippen LogP contribution in [0.2, 0.25) is 0 Å². The maximum atomic E-state index is 4.32. The van der Waals surface area contributed by atoms with Gasteiger partial charge in [0, 0.05) is 5.41 Å². The lowest BCUT2D eigenvalue weighted by atomic mass is 9.73. The van der Waals surface area contributed by atoms with Crippen LogP contribution in [0.25, 0.3) is 0 Å². The molecule has 0 amide bonds. The van der Waals surface area contributed by atoms with Gasteiger partial charge in [-0.15, -0.1) is 0 Å². The molecule has 120 valence electrons. The molecule has 0 saturated heterocycles. The van der Waals surface area contributed by atoms with Crippen LogP contribution in [-0.4, -0.2) is 0 Å². The Labute approximate surface area is 141 Å². The minimum absolute atomic E-state index is 0.236. The molecule has 0 atom stereocenters. The number of allylic oxidation sites excluding steroid dienone is 7. The maximum absolute atomic E-state index is 4.32. The molecule has 0 bridgehead atoms. The summed E-state index contributed by atoms with van der Waals surface area (Å²) in [5.41, 5.74) is 5.95. The molecule has 0 heteroatoms. The summed E-state index contributed by atoms with van der Waals surface area (Å²) in [6, 6.07) is 9.28. The van der Waals surface area contributed by atoms with Gasteiger partial charge in [0.15, 0.2) is 0 Å². The number of hydrogen-bond acceptors (Lipinski definition) is 0. The third-order valence-corrected chi connectivity index (χ3v) is 5.51. The smallest absolute Gasteiger partial charge is 0.0156 e. The molecule has 1 aromatic carbocycles. The monoisotopic (exact) mass is 304 g/mol. The predicted octanol–water partition coefficient (Wildman–Crippen LogP) is 6.45. The van der Waals surface area contributed by atoms with Gasteiger partial charge in [0.2, 0.25) is 0 Å². The molecule has 0 N–H and O–H groups in total. The fraction of sp³-hybridized carbons (Fsp3) is 0.391. The largest absolute Gasteiger partial charge is 0.0992 e. The second-order valence-electron chi connectivity index (χ2n) is 7.08. The average Bonchev–Trinajstić information content (AvgIpc) is 2.93. The summed E-state index contributed by atoms with van der Waals surface area (Å²) in [7, 11) is 0. The highest BCUT2D eigenvalue weighted by Gasteiger charge is 2.36. The number of aryl methyl sites for hydroxylation is 1. The molecule has 0 aliphatic heterocycles. The third-order valence-electron chi connectivity index (χ3n) is 5.51. The van der Waals surface area contributed by atoms with Crippen LogP contribution in [0.1, 0.15) is 56.6 Å². The summed E-state index contributed by atoms with van der Waals surface area (Å²) >= 11 is 0. The quantitative estimate of drug-likeness (QED) is 0.548. The first-order valence-corrected chi connectivity index (χ1v) is 8.98. The van der Waals surface area contributed by atoms with Crippen molar-refractivity contribution < 1.29 is 0 Å². The average molecular weight is 304 g/mol. The van der Waals surface area contributed by atoms with E-state index >= 15 is 0 Å². The van der Waals surface area contributed by atoms with E-state index in [1.54, 1.807) is 0 Å². The summed E-state index contributed by atoms with van der Waals surface area (Å²) < 4.78 is 0. The number of benzene rings is 1. The molecule has 3 rings (SSSR count). The van der Waals surface area contributed by atoms with Crippen LogP contribution in [-0.2, 0) is 11.8 Å². The molecule has 0 nitrogen and oxygen atoms in total. The van der Waals surface area contributed by atoms with Crippen LogP contribution in [0.15, 0.2) is 72.4 Å². The molecule has 23 heavy (non-hydrogen) atoms. The van der Waals surface area contributed by atoms with E-state index in [4.69, 9.17) is 0 Å². The highest BCUT2D eigenvalue weighted by atomic mass is 14.4. The van der Waals surface area contributed by atoms with Gasteiger partial charge < -0.3 is 0 Å². The summed E-state index contributed by atoms with van der Waals surface area (Å²) in [4.78, 5) is 0. The van der Waals surface area contributed by atoms with E-state index in [1.165, 1.54) is 48.0 Å². The van der Waals surface area contributed by atoms with E-state index in [0.29, 0.717) is 0 Å². The first-order chi connectivity index (χ1) is 11.2. The molecule has 1 aromatic rings. The molecular weight excluding hydrogens is 276 g/mol. The van der Waals surface area contributed by atoms with Crippen molar-refractivity contribution in [1.82, 2.24) is 0 Å². The SMILES string of the molecule is C=C(C)C1(c2cccc(CCC3=CC=CCC=C3)c2)CCCC1. The molecule has 2 aliphatic carbocycles. The van der Waals surface area contributed by atoms with Crippen molar-refractivity contribution in [1.29, 1.82) is 0 Å². The Morgan fingerprint density at radius 3 is 2.74 bits per heavy atom. The van der Waals surface area contributed by atoms with Crippen molar-refractivity contribution in [3.05, 3.63) is 83.5 Å². The second-order valence-corrected chi connectivity index (χ2v) is 7.08. The molecule has 0 spiro atoms. The Morgan fingerprint density at radius 1 is 1.13 bits per heavy atom. The number of hydrogen-bond donors (Lipinski definition) is 0. The van der Waals surface area contributed by atoms with Gasteiger partial charge in [-0.25, -0.2) is 0 Å².